The summed E-state index contributed by atoms with van der Waals surface area (Å²) in [5.74, 6) is 0.378. The Balaban J connectivity index is 0.00000220. The maximum atomic E-state index is 12.6. The molecular formula is C16H24Cl2N2O. The van der Waals surface area contributed by atoms with Gasteiger partial charge in [-0.1, -0.05) is 23.7 Å². The fraction of sp³-hybridized carbons (Fsp3) is 0.562. The summed E-state index contributed by atoms with van der Waals surface area (Å²) >= 11 is 6.03. The lowest BCUT2D eigenvalue weighted by atomic mass is 9.91. The van der Waals surface area contributed by atoms with Crippen LogP contribution in [0.25, 0.3) is 0 Å². The van der Waals surface area contributed by atoms with E-state index in [0.29, 0.717) is 11.1 Å². The van der Waals surface area contributed by atoms with Crippen LogP contribution in [0.2, 0.25) is 5.02 Å². The first-order chi connectivity index (χ1) is 9.49. The monoisotopic (exact) mass is 330 g/mol. The zero-order valence-electron chi connectivity index (χ0n) is 12.8. The lowest BCUT2D eigenvalue weighted by Crippen LogP contribution is -2.43. The number of nitrogens with zero attached hydrogens (tertiary/aromatic N) is 1. The summed E-state index contributed by atoms with van der Waals surface area (Å²) in [7, 11) is 1.89. The SMILES string of the molecule is CC(c1cccc(Cl)c1)N(C)C(=O)[C@H]1CCN[C@@H](C)C1.Cl. The highest BCUT2D eigenvalue weighted by Gasteiger charge is 2.29. The maximum absolute atomic E-state index is 12.6. The fourth-order valence-corrected chi connectivity index (χ4v) is 3.02. The lowest BCUT2D eigenvalue weighted by Gasteiger charge is -2.33. The Morgan fingerprint density at radius 3 is 2.81 bits per heavy atom. The molecule has 5 heteroatoms. The van der Waals surface area contributed by atoms with Crippen molar-refractivity contribution in [1.29, 1.82) is 0 Å². The van der Waals surface area contributed by atoms with Gasteiger partial charge in [-0.25, -0.2) is 0 Å². The molecule has 0 aliphatic carbocycles. The normalized spacial score (nSPS) is 23.0. The number of nitrogens with one attached hydrogen (secondary N) is 1. The second-order valence-corrected chi connectivity index (χ2v) is 6.19. The molecule has 1 amide bonds. The van der Waals surface area contributed by atoms with Gasteiger partial charge < -0.3 is 10.2 Å². The number of hydrogen-bond acceptors (Lipinski definition) is 2. The molecule has 1 unspecified atom stereocenters. The van der Waals surface area contributed by atoms with Gasteiger partial charge in [0.05, 0.1) is 6.04 Å². The predicted octanol–water partition coefficient (Wildman–Crippen LogP) is 3.67. The van der Waals surface area contributed by atoms with Crippen molar-refractivity contribution in [2.45, 2.75) is 38.8 Å². The average Bonchev–Trinajstić information content (AvgIpc) is 2.45. The summed E-state index contributed by atoms with van der Waals surface area (Å²) in [5.41, 5.74) is 1.08. The van der Waals surface area contributed by atoms with Crippen molar-refractivity contribution in [1.82, 2.24) is 10.2 Å². The Bertz CT molecular complexity index is 481. The smallest absolute Gasteiger partial charge is 0.226 e. The highest BCUT2D eigenvalue weighted by Crippen LogP contribution is 2.26. The van der Waals surface area contributed by atoms with E-state index < -0.39 is 0 Å². The Morgan fingerprint density at radius 2 is 2.19 bits per heavy atom. The van der Waals surface area contributed by atoms with Crippen LogP contribution in [0.15, 0.2) is 24.3 Å². The molecule has 2 rings (SSSR count). The van der Waals surface area contributed by atoms with Crippen LogP contribution in [0.3, 0.4) is 0 Å². The van der Waals surface area contributed by atoms with E-state index in [4.69, 9.17) is 11.6 Å². The number of carbonyl (C=O) groups excluding carboxylic acids is 1. The number of benzene rings is 1. The van der Waals surface area contributed by atoms with Crippen molar-refractivity contribution in [2.75, 3.05) is 13.6 Å². The van der Waals surface area contributed by atoms with E-state index in [1.807, 2.05) is 43.1 Å². The Labute approximate surface area is 138 Å². The molecule has 118 valence electrons. The van der Waals surface area contributed by atoms with E-state index in [-0.39, 0.29) is 30.3 Å². The van der Waals surface area contributed by atoms with E-state index in [0.717, 1.165) is 24.9 Å². The molecule has 0 bridgehead atoms. The van der Waals surface area contributed by atoms with Gasteiger partial charge in [0, 0.05) is 24.0 Å². The average molecular weight is 331 g/mol. The second-order valence-electron chi connectivity index (χ2n) is 5.76. The first-order valence-corrected chi connectivity index (χ1v) is 7.62. The molecule has 1 saturated heterocycles. The highest BCUT2D eigenvalue weighted by atomic mass is 35.5. The van der Waals surface area contributed by atoms with Crippen molar-refractivity contribution < 1.29 is 4.79 Å². The van der Waals surface area contributed by atoms with Crippen LogP contribution in [0.5, 0.6) is 0 Å². The van der Waals surface area contributed by atoms with Gasteiger partial charge in [0.25, 0.3) is 0 Å². The number of halogens is 2. The van der Waals surface area contributed by atoms with E-state index >= 15 is 0 Å². The predicted molar refractivity (Wildman–Crippen MR) is 90.1 cm³/mol. The molecule has 1 aliphatic heterocycles. The van der Waals surface area contributed by atoms with Gasteiger partial charge in [-0.05, 0) is 50.9 Å². The summed E-state index contributed by atoms with van der Waals surface area (Å²) in [6.45, 7) is 5.12. The first kappa shape index (κ1) is 18.3. The minimum Gasteiger partial charge on any atom is -0.339 e. The third-order valence-electron chi connectivity index (χ3n) is 4.23. The molecule has 1 aromatic rings. The van der Waals surface area contributed by atoms with Crippen molar-refractivity contribution in [2.24, 2.45) is 5.92 Å². The summed E-state index contributed by atoms with van der Waals surface area (Å²) in [4.78, 5) is 14.5. The number of amides is 1. The summed E-state index contributed by atoms with van der Waals surface area (Å²) < 4.78 is 0. The van der Waals surface area contributed by atoms with E-state index in [1.54, 1.807) is 0 Å². The summed E-state index contributed by atoms with van der Waals surface area (Å²) in [5, 5.41) is 4.10. The van der Waals surface area contributed by atoms with E-state index in [2.05, 4.69) is 12.2 Å². The molecule has 0 radical (unpaired) electrons. The molecule has 1 N–H and O–H groups in total. The summed E-state index contributed by atoms with van der Waals surface area (Å²) in [6, 6.07) is 8.21. The van der Waals surface area contributed by atoms with Crippen molar-refractivity contribution in [3.63, 3.8) is 0 Å². The Hall–Kier alpha value is -0.770. The molecule has 1 aromatic carbocycles. The van der Waals surface area contributed by atoms with Gasteiger partial charge in [-0.2, -0.15) is 0 Å². The van der Waals surface area contributed by atoms with Gasteiger partial charge in [-0.3, -0.25) is 4.79 Å². The Kier molecular flexibility index (Phi) is 6.98. The topological polar surface area (TPSA) is 32.3 Å². The van der Waals surface area contributed by atoms with E-state index in [1.165, 1.54) is 0 Å². The molecule has 1 fully saturated rings. The van der Waals surface area contributed by atoms with Gasteiger partial charge in [0.1, 0.15) is 0 Å². The van der Waals surface area contributed by atoms with Crippen LogP contribution in [-0.4, -0.2) is 30.4 Å². The zero-order valence-corrected chi connectivity index (χ0v) is 14.4. The minimum absolute atomic E-state index is 0. The molecule has 0 saturated carbocycles. The van der Waals surface area contributed by atoms with E-state index in [9.17, 15) is 4.79 Å². The maximum Gasteiger partial charge on any atom is 0.226 e. The molecule has 3 atom stereocenters. The summed E-state index contributed by atoms with van der Waals surface area (Å²) in [6.07, 6.45) is 1.85. The minimum atomic E-state index is 0. The van der Waals surface area contributed by atoms with Crippen LogP contribution in [0.4, 0.5) is 0 Å². The quantitative estimate of drug-likeness (QED) is 0.917. The van der Waals surface area contributed by atoms with Gasteiger partial charge in [0.15, 0.2) is 0 Å². The number of hydrogen-bond donors (Lipinski definition) is 1. The molecule has 1 heterocycles. The standard InChI is InChI=1S/C16H23ClN2O.ClH/c1-11-9-14(7-8-18-11)16(20)19(3)12(2)13-5-4-6-15(17)10-13;/h4-6,10-12,14,18H,7-9H2,1-3H3;1H/t11-,12?,14-;/m0./s1. The Morgan fingerprint density at radius 1 is 1.48 bits per heavy atom. The number of piperidine rings is 1. The van der Waals surface area contributed by atoms with Gasteiger partial charge in [0.2, 0.25) is 5.91 Å². The van der Waals surface area contributed by atoms with Crippen LogP contribution in [0, 0.1) is 5.92 Å². The van der Waals surface area contributed by atoms with Crippen molar-refractivity contribution >= 4 is 29.9 Å². The van der Waals surface area contributed by atoms with Crippen LogP contribution in [-0.2, 0) is 4.79 Å². The fourth-order valence-electron chi connectivity index (χ4n) is 2.83. The molecular weight excluding hydrogens is 307 g/mol. The molecule has 21 heavy (non-hydrogen) atoms. The highest BCUT2D eigenvalue weighted by molar-refractivity contribution is 6.30. The molecule has 0 aromatic heterocycles. The van der Waals surface area contributed by atoms with Crippen molar-refractivity contribution in [3.05, 3.63) is 34.9 Å². The second kappa shape index (κ2) is 8.02. The third-order valence-corrected chi connectivity index (χ3v) is 4.47. The largest absolute Gasteiger partial charge is 0.339 e. The lowest BCUT2D eigenvalue weighted by molar-refractivity contribution is -0.137. The van der Waals surface area contributed by atoms with Crippen molar-refractivity contribution in [3.8, 4) is 0 Å². The molecule has 1 aliphatic rings. The number of rotatable bonds is 3. The van der Waals surface area contributed by atoms with Gasteiger partial charge in [-0.15, -0.1) is 12.4 Å². The zero-order chi connectivity index (χ0) is 14.7. The first-order valence-electron chi connectivity index (χ1n) is 7.24. The van der Waals surface area contributed by atoms with Crippen LogP contribution in [0.1, 0.15) is 38.3 Å². The van der Waals surface area contributed by atoms with Crippen LogP contribution >= 0.6 is 24.0 Å². The van der Waals surface area contributed by atoms with Gasteiger partial charge >= 0.3 is 0 Å². The molecule has 3 nitrogen and oxygen atoms in total. The van der Waals surface area contributed by atoms with Crippen LogP contribution < -0.4 is 5.32 Å². The molecule has 0 spiro atoms. The third kappa shape index (κ3) is 4.60. The number of carbonyl (C=O) groups is 1.